The maximum atomic E-state index is 8.93. The average Bonchev–Trinajstić information content (AvgIpc) is 2.36. The monoisotopic (exact) mass is 238 g/mol. The highest BCUT2D eigenvalue weighted by molar-refractivity contribution is 4.92. The number of rotatable bonds is 12. The number of aliphatic hydroxyl groups excluding tert-OH is 1. The molecule has 0 radical (unpaired) electrons. The van der Waals surface area contributed by atoms with Crippen LogP contribution in [0.25, 0.3) is 0 Å². The molecule has 0 saturated carbocycles. The third-order valence-electron chi connectivity index (χ3n) is 3.36. The lowest BCUT2D eigenvalue weighted by atomic mass is 10.0. The quantitative estimate of drug-likeness (QED) is 0.391. The topological polar surface area (TPSA) is 20.2 Å². The largest absolute Gasteiger partial charge is 0.395 e. The van der Waals surface area contributed by atoms with E-state index >= 15 is 0 Å². The molecule has 0 aliphatic heterocycles. The van der Waals surface area contributed by atoms with Gasteiger partial charge in [0.15, 0.2) is 0 Å². The molecule has 0 heterocycles. The summed E-state index contributed by atoms with van der Waals surface area (Å²) in [6, 6.07) is 0. The third kappa shape index (κ3) is 11.8. The van der Waals surface area contributed by atoms with Crippen molar-refractivity contribution in [2.24, 2.45) is 5.92 Å². The van der Waals surface area contributed by atoms with Gasteiger partial charge in [-0.3, -0.25) is 0 Å². The summed E-state index contributed by atoms with van der Waals surface area (Å²) in [5.41, 5.74) is 0. The van der Waals surface area contributed by atoms with Gasteiger partial charge in [-0.15, -0.1) is 12.3 Å². The first-order chi connectivity index (χ1) is 8.35. The Morgan fingerprint density at radius 1 is 0.882 bits per heavy atom. The standard InChI is InChI=1S/C16H30O/c1-3-5-6-7-8-9-10-11-12-13-14-16(4-2)15-17/h2,16-17H,3,5-15H2,1H3. The van der Waals surface area contributed by atoms with Crippen LogP contribution in [0.3, 0.4) is 0 Å². The van der Waals surface area contributed by atoms with Gasteiger partial charge in [-0.05, 0) is 6.42 Å². The summed E-state index contributed by atoms with van der Waals surface area (Å²) >= 11 is 0. The Morgan fingerprint density at radius 3 is 1.76 bits per heavy atom. The van der Waals surface area contributed by atoms with Crippen molar-refractivity contribution in [1.29, 1.82) is 0 Å². The van der Waals surface area contributed by atoms with E-state index in [4.69, 9.17) is 11.5 Å². The predicted molar refractivity (Wildman–Crippen MR) is 75.9 cm³/mol. The molecule has 17 heavy (non-hydrogen) atoms. The zero-order chi connectivity index (χ0) is 12.8. The number of aliphatic hydroxyl groups is 1. The van der Waals surface area contributed by atoms with Gasteiger partial charge in [0.1, 0.15) is 0 Å². The van der Waals surface area contributed by atoms with Crippen LogP contribution in [-0.4, -0.2) is 11.7 Å². The Labute approximate surface area is 108 Å². The Balaban J connectivity index is 3.06. The van der Waals surface area contributed by atoms with Crippen LogP contribution >= 0.6 is 0 Å². The molecule has 0 rings (SSSR count). The van der Waals surface area contributed by atoms with Crippen LogP contribution < -0.4 is 0 Å². The Hall–Kier alpha value is -0.480. The summed E-state index contributed by atoms with van der Waals surface area (Å²) in [5.74, 6) is 2.72. The first-order valence-electron chi connectivity index (χ1n) is 7.42. The second kappa shape index (κ2) is 13.6. The van der Waals surface area contributed by atoms with E-state index in [2.05, 4.69) is 12.8 Å². The summed E-state index contributed by atoms with van der Waals surface area (Å²) in [4.78, 5) is 0. The van der Waals surface area contributed by atoms with Gasteiger partial charge in [0, 0.05) is 5.92 Å². The molecule has 0 saturated heterocycles. The van der Waals surface area contributed by atoms with Crippen LogP contribution in [0.1, 0.15) is 77.6 Å². The molecule has 0 aromatic rings. The molecule has 0 aliphatic rings. The van der Waals surface area contributed by atoms with Crippen molar-refractivity contribution in [2.75, 3.05) is 6.61 Å². The second-order valence-corrected chi connectivity index (χ2v) is 5.02. The molecule has 0 spiro atoms. The van der Waals surface area contributed by atoms with Crippen molar-refractivity contribution in [3.8, 4) is 12.3 Å². The molecule has 1 N–H and O–H groups in total. The molecular weight excluding hydrogens is 208 g/mol. The Kier molecular flexibility index (Phi) is 13.2. The highest BCUT2D eigenvalue weighted by atomic mass is 16.3. The molecule has 1 nitrogen and oxygen atoms in total. The Bertz CT molecular complexity index is 180. The highest BCUT2D eigenvalue weighted by Gasteiger charge is 2.01. The molecule has 0 bridgehead atoms. The van der Waals surface area contributed by atoms with Crippen molar-refractivity contribution in [3.05, 3.63) is 0 Å². The number of unbranched alkanes of at least 4 members (excludes halogenated alkanes) is 9. The van der Waals surface area contributed by atoms with Crippen molar-refractivity contribution >= 4 is 0 Å². The molecule has 1 atom stereocenters. The first kappa shape index (κ1) is 16.5. The van der Waals surface area contributed by atoms with Gasteiger partial charge in [0.2, 0.25) is 0 Å². The van der Waals surface area contributed by atoms with Gasteiger partial charge in [-0.2, -0.15) is 0 Å². The zero-order valence-corrected chi connectivity index (χ0v) is 11.6. The van der Waals surface area contributed by atoms with E-state index < -0.39 is 0 Å². The van der Waals surface area contributed by atoms with Gasteiger partial charge in [-0.25, -0.2) is 0 Å². The predicted octanol–water partition coefficient (Wildman–Crippen LogP) is 4.54. The van der Waals surface area contributed by atoms with Crippen molar-refractivity contribution in [3.63, 3.8) is 0 Å². The molecule has 0 aliphatic carbocycles. The first-order valence-corrected chi connectivity index (χ1v) is 7.42. The van der Waals surface area contributed by atoms with Crippen LogP contribution in [0.4, 0.5) is 0 Å². The van der Waals surface area contributed by atoms with Crippen LogP contribution in [0.2, 0.25) is 0 Å². The average molecular weight is 238 g/mol. The van der Waals surface area contributed by atoms with Crippen molar-refractivity contribution in [2.45, 2.75) is 77.6 Å². The SMILES string of the molecule is C#CC(CO)CCCCCCCCCCCC. The lowest BCUT2D eigenvalue weighted by Crippen LogP contribution is -2.02. The fourth-order valence-electron chi connectivity index (χ4n) is 2.11. The van der Waals surface area contributed by atoms with Crippen molar-refractivity contribution in [1.82, 2.24) is 0 Å². The van der Waals surface area contributed by atoms with Crippen LogP contribution in [0, 0.1) is 18.3 Å². The van der Waals surface area contributed by atoms with Crippen LogP contribution in [0.5, 0.6) is 0 Å². The van der Waals surface area contributed by atoms with Gasteiger partial charge in [0.25, 0.3) is 0 Å². The zero-order valence-electron chi connectivity index (χ0n) is 11.6. The fraction of sp³-hybridized carbons (Fsp3) is 0.875. The van der Waals surface area contributed by atoms with Crippen LogP contribution in [0.15, 0.2) is 0 Å². The lowest BCUT2D eigenvalue weighted by Gasteiger charge is -2.06. The summed E-state index contributed by atoms with van der Waals surface area (Å²) in [6.45, 7) is 2.41. The van der Waals surface area contributed by atoms with Crippen molar-refractivity contribution < 1.29 is 5.11 Å². The second-order valence-electron chi connectivity index (χ2n) is 5.02. The maximum Gasteiger partial charge on any atom is 0.0568 e. The number of terminal acetylenes is 1. The van der Waals surface area contributed by atoms with E-state index in [1.54, 1.807) is 0 Å². The number of hydrogen-bond donors (Lipinski definition) is 1. The molecule has 0 aromatic heterocycles. The molecule has 0 fully saturated rings. The molecule has 0 amide bonds. The lowest BCUT2D eigenvalue weighted by molar-refractivity contribution is 0.248. The molecule has 0 aromatic carbocycles. The number of hydrogen-bond acceptors (Lipinski definition) is 1. The van der Waals surface area contributed by atoms with Gasteiger partial charge < -0.3 is 5.11 Å². The highest BCUT2D eigenvalue weighted by Crippen LogP contribution is 2.13. The minimum atomic E-state index is 0.0871. The minimum Gasteiger partial charge on any atom is -0.395 e. The van der Waals surface area contributed by atoms with E-state index in [1.165, 1.54) is 64.2 Å². The summed E-state index contributed by atoms with van der Waals surface area (Å²) < 4.78 is 0. The Morgan fingerprint density at radius 2 is 1.35 bits per heavy atom. The molecular formula is C16H30O. The summed E-state index contributed by atoms with van der Waals surface area (Å²) in [7, 11) is 0. The molecule has 100 valence electrons. The fourth-order valence-corrected chi connectivity index (χ4v) is 2.11. The normalized spacial score (nSPS) is 12.3. The minimum absolute atomic E-state index is 0.0871. The van der Waals surface area contributed by atoms with E-state index in [0.29, 0.717) is 0 Å². The van der Waals surface area contributed by atoms with Gasteiger partial charge in [-0.1, -0.05) is 71.1 Å². The van der Waals surface area contributed by atoms with E-state index in [-0.39, 0.29) is 12.5 Å². The third-order valence-corrected chi connectivity index (χ3v) is 3.36. The molecule has 1 unspecified atom stereocenters. The smallest absolute Gasteiger partial charge is 0.0568 e. The van der Waals surface area contributed by atoms with Crippen LogP contribution in [-0.2, 0) is 0 Å². The maximum absolute atomic E-state index is 8.93. The van der Waals surface area contributed by atoms with E-state index in [0.717, 1.165) is 6.42 Å². The summed E-state index contributed by atoms with van der Waals surface area (Å²) in [5, 5.41) is 8.93. The van der Waals surface area contributed by atoms with Gasteiger partial charge in [0.05, 0.1) is 6.61 Å². The summed E-state index contributed by atoms with van der Waals surface area (Å²) in [6.07, 6.45) is 19.8. The molecule has 1 heteroatoms. The van der Waals surface area contributed by atoms with Gasteiger partial charge >= 0.3 is 0 Å². The van der Waals surface area contributed by atoms with E-state index in [9.17, 15) is 0 Å². The van der Waals surface area contributed by atoms with E-state index in [1.807, 2.05) is 0 Å².